The van der Waals surface area contributed by atoms with Crippen molar-refractivity contribution in [2.45, 2.75) is 0 Å². The van der Waals surface area contributed by atoms with E-state index in [1.54, 1.807) is 0 Å². The van der Waals surface area contributed by atoms with Gasteiger partial charge in [0.1, 0.15) is 0 Å². The summed E-state index contributed by atoms with van der Waals surface area (Å²) >= 11 is 0. The summed E-state index contributed by atoms with van der Waals surface area (Å²) in [4.78, 5) is 18.8. The Balaban J connectivity index is -0.000000245. The number of hydrogen-bond donors (Lipinski definition) is 0. The van der Waals surface area contributed by atoms with Crippen LogP contribution >= 0.6 is 0 Å². The van der Waals surface area contributed by atoms with Crippen LogP contribution in [-0.4, -0.2) is 11.9 Å². The number of carbonyl (C=O) groups excluding carboxylic acids is 2. The van der Waals surface area contributed by atoms with Gasteiger partial charge in [-0.3, -0.25) is 0 Å². The summed E-state index contributed by atoms with van der Waals surface area (Å²) in [5.41, 5.74) is 0. The van der Waals surface area contributed by atoms with Gasteiger partial charge in [-0.05, 0) is 12.2 Å². The van der Waals surface area contributed by atoms with Crippen LogP contribution in [0.15, 0.2) is 12.2 Å². The molecule has 0 fully saturated rings. The maximum absolute atomic E-state index is 9.41. The Hall–Kier alpha value is 0.680. The van der Waals surface area contributed by atoms with Crippen LogP contribution in [0.1, 0.15) is 0 Å². The Morgan fingerprint density at radius 3 is 1.20 bits per heavy atom. The molecule has 0 aromatic carbocycles. The fourth-order valence-corrected chi connectivity index (χ4v) is 0.136. The van der Waals surface area contributed by atoms with E-state index in [2.05, 4.69) is 0 Å². The van der Waals surface area contributed by atoms with Gasteiger partial charge in [-0.25, -0.2) is 0 Å². The predicted octanol–water partition coefficient (Wildman–Crippen LogP) is -8.95. The number of carbonyl (C=O) groups is 2. The molecule has 4 nitrogen and oxygen atoms in total. The van der Waals surface area contributed by atoms with E-state index in [9.17, 15) is 19.8 Å². The molecule has 0 rings (SSSR count). The molecule has 0 N–H and O–H groups in total. The zero-order chi connectivity index (χ0) is 6.57. The molecule has 0 aliphatic carbocycles. The SMILES string of the molecule is O=C([O-])[13CH]=[13CH]C(=O)[O-].[Na+].[Na+]. The average molecular weight is 162 g/mol. The zero-order valence-corrected chi connectivity index (χ0v) is 9.79. The van der Waals surface area contributed by atoms with Crippen LogP contribution < -0.4 is 69.3 Å². The molecule has 0 unspecified atom stereocenters. The topological polar surface area (TPSA) is 80.3 Å². The van der Waals surface area contributed by atoms with E-state index in [1.165, 1.54) is 0 Å². The number of aliphatic carboxylic acids is 2. The predicted molar refractivity (Wildman–Crippen MR) is 19.2 cm³/mol. The van der Waals surface area contributed by atoms with Crippen LogP contribution in [-0.2, 0) is 9.59 Å². The van der Waals surface area contributed by atoms with E-state index < -0.39 is 11.9 Å². The van der Waals surface area contributed by atoms with Crippen LogP contribution in [0.25, 0.3) is 0 Å². The molecule has 0 heterocycles. The Bertz CT molecular complexity index is 126. The summed E-state index contributed by atoms with van der Waals surface area (Å²) in [5.74, 6) is -3.09. The summed E-state index contributed by atoms with van der Waals surface area (Å²) < 4.78 is 0. The first-order valence-electron chi connectivity index (χ1n) is 1.73. The molecule has 0 atom stereocenters. The van der Waals surface area contributed by atoms with Crippen molar-refractivity contribution >= 4 is 11.9 Å². The van der Waals surface area contributed by atoms with Crippen molar-refractivity contribution in [2.24, 2.45) is 0 Å². The van der Waals surface area contributed by atoms with Crippen molar-refractivity contribution in [3.05, 3.63) is 12.2 Å². The monoisotopic (exact) mass is 162 g/mol. The van der Waals surface area contributed by atoms with Gasteiger partial charge < -0.3 is 19.8 Å². The van der Waals surface area contributed by atoms with E-state index >= 15 is 0 Å². The van der Waals surface area contributed by atoms with E-state index in [0.717, 1.165) is 0 Å². The minimum atomic E-state index is -1.55. The van der Waals surface area contributed by atoms with Gasteiger partial charge >= 0.3 is 59.1 Å². The Morgan fingerprint density at radius 1 is 0.900 bits per heavy atom. The van der Waals surface area contributed by atoms with E-state index in [0.29, 0.717) is 12.2 Å². The molecule has 0 saturated carbocycles. The van der Waals surface area contributed by atoms with Gasteiger partial charge in [0, 0.05) is 0 Å². The molecule has 0 aliphatic rings. The summed E-state index contributed by atoms with van der Waals surface area (Å²) in [6, 6.07) is 0. The molecule has 10 heavy (non-hydrogen) atoms. The maximum atomic E-state index is 9.41. The van der Waals surface area contributed by atoms with Crippen LogP contribution in [0.4, 0.5) is 0 Å². The molecule has 0 saturated heterocycles. The standard InChI is InChI=1S/C4H4O4.2Na/c5-3(6)1-2-4(7)8;;/h1-2H,(H,5,6)(H,7,8);;/q;2*+1/p-2/i1+1,2+1;;. The molecule has 0 bridgehead atoms. The van der Waals surface area contributed by atoms with Gasteiger partial charge in [0.05, 0.1) is 11.9 Å². The molecule has 0 aromatic heterocycles. The second-order valence-electron chi connectivity index (χ2n) is 0.971. The molecule has 44 valence electrons. The zero-order valence-electron chi connectivity index (χ0n) is 5.79. The number of carboxylic acids is 2. The molecular formula is C4H2Na2O4. The fraction of sp³-hybridized carbons (Fsp3) is 0. The summed E-state index contributed by atoms with van der Waals surface area (Å²) in [6.07, 6.45) is 0.769. The van der Waals surface area contributed by atoms with Gasteiger partial charge in [-0.1, -0.05) is 0 Å². The normalized spacial score (nSPS) is 7.60. The second kappa shape index (κ2) is 9.68. The average Bonchev–Trinajstić information content (AvgIpc) is 1.61. The summed E-state index contributed by atoms with van der Waals surface area (Å²) in [6.45, 7) is 0. The first-order chi connectivity index (χ1) is 3.63. The molecule has 0 radical (unpaired) electrons. The number of hydrogen-bond acceptors (Lipinski definition) is 4. The van der Waals surface area contributed by atoms with Gasteiger partial charge in [-0.15, -0.1) is 0 Å². The quantitative estimate of drug-likeness (QED) is 0.229. The third kappa shape index (κ3) is 15.9. The van der Waals surface area contributed by atoms with Crippen molar-refractivity contribution < 1.29 is 78.9 Å². The maximum Gasteiger partial charge on any atom is 1.00 e. The Kier molecular flexibility index (Phi) is 16.4. The van der Waals surface area contributed by atoms with Gasteiger partial charge in [0.15, 0.2) is 0 Å². The van der Waals surface area contributed by atoms with E-state index in [4.69, 9.17) is 0 Å². The molecule has 6 heteroatoms. The van der Waals surface area contributed by atoms with Gasteiger partial charge in [-0.2, -0.15) is 0 Å². The Morgan fingerprint density at radius 2 is 1.10 bits per heavy atom. The molecule has 0 aliphatic heterocycles. The minimum Gasteiger partial charge on any atom is -0.545 e. The molecule has 0 spiro atoms. The summed E-state index contributed by atoms with van der Waals surface area (Å²) in [7, 11) is 0. The van der Waals surface area contributed by atoms with Crippen molar-refractivity contribution in [1.82, 2.24) is 0 Å². The first kappa shape index (κ1) is 17.0. The van der Waals surface area contributed by atoms with Crippen LogP contribution in [0.2, 0.25) is 0 Å². The molecule has 0 amide bonds. The van der Waals surface area contributed by atoms with Crippen molar-refractivity contribution in [3.63, 3.8) is 0 Å². The smallest absolute Gasteiger partial charge is 0.545 e. The first-order valence-corrected chi connectivity index (χ1v) is 1.73. The van der Waals surface area contributed by atoms with E-state index in [-0.39, 0.29) is 59.1 Å². The van der Waals surface area contributed by atoms with Crippen molar-refractivity contribution in [1.29, 1.82) is 0 Å². The molecular weight excluding hydrogens is 160 g/mol. The van der Waals surface area contributed by atoms with Gasteiger partial charge in [0.25, 0.3) is 0 Å². The van der Waals surface area contributed by atoms with Crippen molar-refractivity contribution in [3.8, 4) is 0 Å². The second-order valence-corrected chi connectivity index (χ2v) is 0.971. The fourth-order valence-electron chi connectivity index (χ4n) is 0.136. The van der Waals surface area contributed by atoms with E-state index in [1.807, 2.05) is 0 Å². The largest absolute Gasteiger partial charge is 1.00 e. The van der Waals surface area contributed by atoms with Crippen LogP contribution in [0.5, 0.6) is 0 Å². The Labute approximate surface area is 102 Å². The van der Waals surface area contributed by atoms with Crippen LogP contribution in [0, 0.1) is 0 Å². The molecule has 0 aromatic rings. The summed E-state index contributed by atoms with van der Waals surface area (Å²) in [5, 5.41) is 18.8. The minimum absolute atomic E-state index is 0. The van der Waals surface area contributed by atoms with Crippen LogP contribution in [0.3, 0.4) is 0 Å². The number of carboxylic acid groups (broad SMARTS) is 2. The van der Waals surface area contributed by atoms with Gasteiger partial charge in [0.2, 0.25) is 0 Å². The number of rotatable bonds is 2. The third-order valence-electron chi connectivity index (χ3n) is 0.355. The van der Waals surface area contributed by atoms with Crippen molar-refractivity contribution in [2.75, 3.05) is 0 Å². The third-order valence-corrected chi connectivity index (χ3v) is 0.355.